The van der Waals surface area contributed by atoms with Crippen LogP contribution in [-0.2, 0) is 0 Å². The molecule has 4 rings (SSSR count). The number of furan rings is 1. The van der Waals surface area contributed by atoms with Gasteiger partial charge in [-0.1, -0.05) is 12.1 Å². The van der Waals surface area contributed by atoms with Crippen LogP contribution < -0.4 is 0 Å². The van der Waals surface area contributed by atoms with Crippen LogP contribution in [-0.4, -0.2) is 4.98 Å². The Morgan fingerprint density at radius 1 is 1.09 bits per heavy atom. The summed E-state index contributed by atoms with van der Waals surface area (Å²) in [6.07, 6.45) is 1.10. The number of aromatic nitrogens is 1. The minimum atomic E-state index is -2.61. The predicted octanol–water partition coefficient (Wildman–Crippen LogP) is 5.14. The standard InChI is InChI=1S/C20H14N2O/c1-12-8-18(22-11-13(12)2)17-5-3-4-16-15-7-6-14(10-21)9-19(15)23-20(16)17/h3-9,11H,1-2H3/i1D3,2D3. The lowest BCUT2D eigenvalue weighted by atomic mass is 10.0. The van der Waals surface area contributed by atoms with E-state index in [1.807, 2.05) is 6.07 Å². The molecule has 2 aromatic heterocycles. The average molecular weight is 304 g/mol. The molecule has 3 heteroatoms. The number of fused-ring (bicyclic) bond motifs is 3. The van der Waals surface area contributed by atoms with Crippen LogP contribution in [0.2, 0.25) is 0 Å². The van der Waals surface area contributed by atoms with E-state index < -0.39 is 13.7 Å². The lowest BCUT2D eigenvalue weighted by Gasteiger charge is -2.05. The number of hydrogen-bond donors (Lipinski definition) is 0. The van der Waals surface area contributed by atoms with Gasteiger partial charge in [-0.05, 0) is 55.2 Å². The van der Waals surface area contributed by atoms with Crippen LogP contribution in [0, 0.1) is 25.0 Å². The van der Waals surface area contributed by atoms with E-state index in [9.17, 15) is 0 Å². The summed E-state index contributed by atoms with van der Waals surface area (Å²) in [5.74, 6) is 0. The van der Waals surface area contributed by atoms with Gasteiger partial charge in [0.25, 0.3) is 0 Å². The van der Waals surface area contributed by atoms with Gasteiger partial charge in [-0.3, -0.25) is 4.98 Å². The highest BCUT2D eigenvalue weighted by Gasteiger charge is 2.13. The second kappa shape index (κ2) is 4.96. The Balaban J connectivity index is 1.99. The third-order valence-electron chi connectivity index (χ3n) is 3.81. The predicted molar refractivity (Wildman–Crippen MR) is 91.1 cm³/mol. The summed E-state index contributed by atoms with van der Waals surface area (Å²) in [5, 5.41) is 10.7. The highest BCUT2D eigenvalue weighted by Crippen LogP contribution is 2.35. The van der Waals surface area contributed by atoms with Crippen LogP contribution in [0.1, 0.15) is 24.9 Å². The number of benzene rings is 2. The first-order valence-corrected chi connectivity index (χ1v) is 6.96. The maximum Gasteiger partial charge on any atom is 0.144 e. The molecule has 0 atom stereocenters. The lowest BCUT2D eigenvalue weighted by molar-refractivity contribution is 0.669. The Morgan fingerprint density at radius 3 is 2.83 bits per heavy atom. The Kier molecular flexibility index (Phi) is 1.83. The molecule has 3 nitrogen and oxygen atoms in total. The van der Waals surface area contributed by atoms with Crippen molar-refractivity contribution in [3.05, 3.63) is 65.4 Å². The minimum Gasteiger partial charge on any atom is -0.455 e. The molecule has 0 unspecified atom stereocenters. The number of rotatable bonds is 1. The molecule has 2 aromatic carbocycles. The zero-order chi connectivity index (χ0) is 21.0. The first-order valence-electron chi connectivity index (χ1n) is 9.96. The topological polar surface area (TPSA) is 49.8 Å². The largest absolute Gasteiger partial charge is 0.455 e. The van der Waals surface area contributed by atoms with Crippen LogP contribution in [0.3, 0.4) is 0 Å². The van der Waals surface area contributed by atoms with Crippen molar-refractivity contribution in [2.75, 3.05) is 0 Å². The SMILES string of the molecule is [2H]C([2H])([2H])c1cnc(-c2cccc3c2oc2cc(C#N)ccc23)cc1C([2H])([2H])[2H]. The summed E-state index contributed by atoms with van der Waals surface area (Å²) in [4.78, 5) is 4.22. The molecule has 0 bridgehead atoms. The zero-order valence-electron chi connectivity index (χ0n) is 17.9. The number of nitrogens with zero attached hydrogens (tertiary/aromatic N) is 2. The summed E-state index contributed by atoms with van der Waals surface area (Å²) in [7, 11) is 0. The quantitative estimate of drug-likeness (QED) is 0.489. The van der Waals surface area contributed by atoms with Crippen molar-refractivity contribution < 1.29 is 12.6 Å². The van der Waals surface area contributed by atoms with E-state index >= 15 is 0 Å². The Bertz CT molecular complexity index is 1290. The summed E-state index contributed by atoms with van der Waals surface area (Å²) in [6.45, 7) is -5.20. The number of hydrogen-bond acceptors (Lipinski definition) is 3. The van der Waals surface area contributed by atoms with Gasteiger partial charge in [0.1, 0.15) is 11.2 Å². The van der Waals surface area contributed by atoms with Crippen molar-refractivity contribution in [3.63, 3.8) is 0 Å². The van der Waals surface area contributed by atoms with Gasteiger partial charge in [0.2, 0.25) is 0 Å². The van der Waals surface area contributed by atoms with Crippen LogP contribution in [0.4, 0.5) is 0 Å². The van der Waals surface area contributed by atoms with Crippen LogP contribution in [0.15, 0.2) is 53.1 Å². The Labute approximate surface area is 142 Å². The normalized spacial score (nSPS) is 16.0. The van der Waals surface area contributed by atoms with Crippen molar-refractivity contribution in [1.82, 2.24) is 4.98 Å². The van der Waals surface area contributed by atoms with Crippen LogP contribution in [0.25, 0.3) is 33.2 Å². The fourth-order valence-electron chi connectivity index (χ4n) is 2.67. The van der Waals surface area contributed by atoms with E-state index in [0.717, 1.165) is 17.0 Å². The van der Waals surface area contributed by atoms with Crippen molar-refractivity contribution in [3.8, 4) is 17.3 Å². The van der Waals surface area contributed by atoms with Gasteiger partial charge in [-0.2, -0.15) is 5.26 Å². The third-order valence-corrected chi connectivity index (χ3v) is 3.81. The van der Waals surface area contributed by atoms with Gasteiger partial charge in [-0.25, -0.2) is 0 Å². The fraction of sp³-hybridized carbons (Fsp3) is 0.100. The summed E-state index contributed by atoms with van der Waals surface area (Å²) in [5.41, 5.74) is 1.76. The Hall–Kier alpha value is -3.12. The molecule has 0 aliphatic rings. The molecule has 110 valence electrons. The smallest absolute Gasteiger partial charge is 0.144 e. The molecule has 23 heavy (non-hydrogen) atoms. The monoisotopic (exact) mass is 304 g/mol. The number of nitriles is 1. The molecular formula is C20H14N2O. The fourth-order valence-corrected chi connectivity index (χ4v) is 2.67. The van der Waals surface area contributed by atoms with Gasteiger partial charge in [0.05, 0.1) is 17.3 Å². The second-order valence-electron chi connectivity index (χ2n) is 5.22. The van der Waals surface area contributed by atoms with E-state index in [-0.39, 0.29) is 11.1 Å². The van der Waals surface area contributed by atoms with E-state index in [4.69, 9.17) is 17.9 Å². The van der Waals surface area contributed by atoms with Gasteiger partial charge in [0, 0.05) is 30.8 Å². The van der Waals surface area contributed by atoms with E-state index in [1.54, 1.807) is 30.3 Å². The van der Waals surface area contributed by atoms with E-state index in [0.29, 0.717) is 28.0 Å². The van der Waals surface area contributed by atoms with Crippen molar-refractivity contribution in [2.45, 2.75) is 13.7 Å². The van der Waals surface area contributed by atoms with E-state index in [1.165, 1.54) is 6.07 Å². The van der Waals surface area contributed by atoms with Crippen LogP contribution in [0.5, 0.6) is 0 Å². The summed E-state index contributed by atoms with van der Waals surface area (Å²) < 4.78 is 52.0. The third kappa shape index (κ3) is 2.08. The molecule has 0 amide bonds. The van der Waals surface area contributed by atoms with E-state index in [2.05, 4.69) is 11.1 Å². The average Bonchev–Trinajstić information content (AvgIpc) is 3.03. The molecule has 2 heterocycles. The summed E-state index contributed by atoms with van der Waals surface area (Å²) in [6, 6.07) is 13.9. The molecule has 0 aliphatic carbocycles. The van der Waals surface area contributed by atoms with Crippen LogP contribution >= 0.6 is 0 Å². The minimum absolute atomic E-state index is 0.262. The molecule has 4 aromatic rings. The van der Waals surface area contributed by atoms with Gasteiger partial charge >= 0.3 is 0 Å². The molecule has 0 radical (unpaired) electrons. The number of aryl methyl sites for hydroxylation is 2. The first kappa shape index (κ1) is 8.50. The number of para-hydroxylation sites is 1. The summed E-state index contributed by atoms with van der Waals surface area (Å²) >= 11 is 0. The molecular weight excluding hydrogens is 284 g/mol. The van der Waals surface area contributed by atoms with Crippen molar-refractivity contribution in [1.29, 1.82) is 5.26 Å². The van der Waals surface area contributed by atoms with Gasteiger partial charge in [-0.15, -0.1) is 0 Å². The molecule has 0 saturated carbocycles. The zero-order valence-corrected chi connectivity index (χ0v) is 11.9. The molecule has 0 spiro atoms. The van der Waals surface area contributed by atoms with Crippen molar-refractivity contribution >= 4 is 21.9 Å². The first-order chi connectivity index (χ1) is 13.6. The highest BCUT2D eigenvalue weighted by atomic mass is 16.3. The highest BCUT2D eigenvalue weighted by molar-refractivity contribution is 6.09. The maximum absolute atomic E-state index is 9.10. The number of pyridine rings is 1. The van der Waals surface area contributed by atoms with Gasteiger partial charge < -0.3 is 4.42 Å². The lowest BCUT2D eigenvalue weighted by Crippen LogP contribution is -1.88. The maximum atomic E-state index is 9.10. The molecule has 0 N–H and O–H groups in total. The molecule has 0 fully saturated rings. The molecule has 0 saturated heterocycles. The van der Waals surface area contributed by atoms with Gasteiger partial charge in [0.15, 0.2) is 0 Å². The Morgan fingerprint density at radius 2 is 2.00 bits per heavy atom. The molecule has 0 aliphatic heterocycles. The van der Waals surface area contributed by atoms with Crippen molar-refractivity contribution in [2.24, 2.45) is 0 Å². The second-order valence-corrected chi connectivity index (χ2v) is 5.22.